The number of nitrogen functional groups attached to an aromatic ring is 1. The molecule has 0 saturated heterocycles. The number of benzene rings is 1. The Kier molecular flexibility index (Phi) is 4.40. The van der Waals surface area contributed by atoms with Crippen LogP contribution in [-0.4, -0.2) is 12.5 Å². The van der Waals surface area contributed by atoms with Gasteiger partial charge in [-0.15, -0.1) is 0 Å². The molecular weight excluding hydrogens is 224 g/mol. The van der Waals surface area contributed by atoms with E-state index in [2.05, 4.69) is 11.4 Å². The summed E-state index contributed by atoms with van der Waals surface area (Å²) in [5.41, 5.74) is 8.39. The number of nitrogens with two attached hydrogens (primary N) is 1. The quantitative estimate of drug-likeness (QED) is 0.632. The number of rotatable bonds is 4. The zero-order valence-corrected chi connectivity index (χ0v) is 10.6. The van der Waals surface area contributed by atoms with E-state index in [9.17, 15) is 4.79 Å². The highest BCUT2D eigenvalue weighted by atomic mass is 16.1. The molecule has 0 atom stereocenters. The van der Waals surface area contributed by atoms with E-state index in [0.717, 1.165) is 6.42 Å². The molecule has 0 unspecified atom stereocenters. The molecular formula is C15H20N2O. The Morgan fingerprint density at radius 2 is 2.22 bits per heavy atom. The summed E-state index contributed by atoms with van der Waals surface area (Å²) in [6, 6.07) is 7.07. The molecule has 0 bridgehead atoms. The zero-order chi connectivity index (χ0) is 12.8. The van der Waals surface area contributed by atoms with Crippen LogP contribution in [0.5, 0.6) is 0 Å². The van der Waals surface area contributed by atoms with Crippen molar-refractivity contribution in [3.63, 3.8) is 0 Å². The fraction of sp³-hybridized carbons (Fsp3) is 0.400. The van der Waals surface area contributed by atoms with Crippen molar-refractivity contribution in [1.29, 1.82) is 0 Å². The van der Waals surface area contributed by atoms with Gasteiger partial charge in [-0.2, -0.15) is 0 Å². The van der Waals surface area contributed by atoms with Crippen LogP contribution in [0.25, 0.3) is 0 Å². The number of anilines is 1. The summed E-state index contributed by atoms with van der Waals surface area (Å²) in [7, 11) is 0. The summed E-state index contributed by atoms with van der Waals surface area (Å²) < 4.78 is 0. The summed E-state index contributed by atoms with van der Waals surface area (Å²) in [5, 5.41) is 2.94. The lowest BCUT2D eigenvalue weighted by Crippen LogP contribution is -2.24. The molecule has 3 heteroatoms. The predicted molar refractivity (Wildman–Crippen MR) is 74.4 cm³/mol. The smallest absolute Gasteiger partial charge is 0.251 e. The van der Waals surface area contributed by atoms with Gasteiger partial charge in [-0.25, -0.2) is 0 Å². The second kappa shape index (κ2) is 6.24. The molecule has 2 rings (SSSR count). The summed E-state index contributed by atoms with van der Waals surface area (Å²) in [6.07, 6.45) is 8.25. The third-order valence-electron chi connectivity index (χ3n) is 3.27. The van der Waals surface area contributed by atoms with Gasteiger partial charge in [0.25, 0.3) is 5.91 Å². The average molecular weight is 244 g/mol. The van der Waals surface area contributed by atoms with Gasteiger partial charge in [0.15, 0.2) is 0 Å². The molecule has 0 aromatic heterocycles. The predicted octanol–water partition coefficient (Wildman–Crippen LogP) is 2.89. The lowest BCUT2D eigenvalue weighted by Gasteiger charge is -2.13. The highest BCUT2D eigenvalue weighted by molar-refractivity contribution is 5.94. The number of hydrogen-bond donors (Lipinski definition) is 2. The van der Waals surface area contributed by atoms with Gasteiger partial charge in [-0.3, -0.25) is 4.79 Å². The second-order valence-electron chi connectivity index (χ2n) is 4.74. The Balaban J connectivity index is 1.79. The summed E-state index contributed by atoms with van der Waals surface area (Å²) in [4.78, 5) is 11.9. The second-order valence-corrected chi connectivity index (χ2v) is 4.74. The Morgan fingerprint density at radius 3 is 2.94 bits per heavy atom. The normalized spacial score (nSPS) is 15.0. The monoisotopic (exact) mass is 244 g/mol. The Hall–Kier alpha value is -1.77. The maximum absolute atomic E-state index is 11.9. The van der Waals surface area contributed by atoms with Gasteiger partial charge in [-0.1, -0.05) is 17.7 Å². The van der Waals surface area contributed by atoms with Crippen molar-refractivity contribution < 1.29 is 4.79 Å². The first-order chi connectivity index (χ1) is 8.75. The van der Waals surface area contributed by atoms with Crippen LogP contribution in [0.15, 0.2) is 35.9 Å². The van der Waals surface area contributed by atoms with Crippen LogP contribution >= 0.6 is 0 Å². The van der Waals surface area contributed by atoms with Crippen LogP contribution < -0.4 is 11.1 Å². The van der Waals surface area contributed by atoms with Gasteiger partial charge in [0.1, 0.15) is 0 Å². The molecule has 3 nitrogen and oxygen atoms in total. The minimum atomic E-state index is -0.0429. The van der Waals surface area contributed by atoms with E-state index in [1.807, 2.05) is 0 Å². The van der Waals surface area contributed by atoms with Crippen molar-refractivity contribution in [3.8, 4) is 0 Å². The summed E-state index contributed by atoms with van der Waals surface area (Å²) in [6.45, 7) is 0.708. The van der Waals surface area contributed by atoms with Gasteiger partial charge >= 0.3 is 0 Å². The average Bonchev–Trinajstić information content (AvgIpc) is 2.40. The molecule has 1 aliphatic rings. The highest BCUT2D eigenvalue weighted by Gasteiger charge is 2.07. The van der Waals surface area contributed by atoms with E-state index >= 15 is 0 Å². The molecule has 1 aliphatic carbocycles. The number of carbonyl (C=O) groups is 1. The molecule has 0 aliphatic heterocycles. The van der Waals surface area contributed by atoms with Crippen LogP contribution in [-0.2, 0) is 0 Å². The van der Waals surface area contributed by atoms with Crippen molar-refractivity contribution in [3.05, 3.63) is 41.5 Å². The van der Waals surface area contributed by atoms with Gasteiger partial charge < -0.3 is 11.1 Å². The van der Waals surface area contributed by atoms with Crippen molar-refractivity contribution in [2.24, 2.45) is 0 Å². The number of nitrogens with one attached hydrogen (secondary N) is 1. The number of carbonyl (C=O) groups excluding carboxylic acids is 1. The third-order valence-corrected chi connectivity index (χ3v) is 3.27. The van der Waals surface area contributed by atoms with Crippen molar-refractivity contribution >= 4 is 11.6 Å². The molecule has 18 heavy (non-hydrogen) atoms. The molecule has 0 spiro atoms. The Bertz CT molecular complexity index is 452. The SMILES string of the molecule is Nc1cccc(C(=O)NCCC2=CCCCC2)c1. The fourth-order valence-corrected chi connectivity index (χ4v) is 2.25. The maximum Gasteiger partial charge on any atom is 0.251 e. The molecule has 0 fully saturated rings. The minimum absolute atomic E-state index is 0.0429. The molecule has 0 saturated carbocycles. The summed E-state index contributed by atoms with van der Waals surface area (Å²) in [5.74, 6) is -0.0429. The first-order valence-corrected chi connectivity index (χ1v) is 6.57. The van der Waals surface area contributed by atoms with Crippen LogP contribution in [0, 0.1) is 0 Å². The van der Waals surface area contributed by atoms with Crippen LogP contribution in [0.2, 0.25) is 0 Å². The van der Waals surface area contributed by atoms with Gasteiger partial charge in [0, 0.05) is 17.8 Å². The lowest BCUT2D eigenvalue weighted by molar-refractivity contribution is 0.0954. The molecule has 96 valence electrons. The molecule has 1 aromatic carbocycles. The van der Waals surface area contributed by atoms with Gasteiger partial charge in [0.05, 0.1) is 0 Å². The fourth-order valence-electron chi connectivity index (χ4n) is 2.25. The van der Waals surface area contributed by atoms with Gasteiger partial charge in [0.2, 0.25) is 0 Å². The van der Waals surface area contributed by atoms with Crippen molar-refractivity contribution in [2.45, 2.75) is 32.1 Å². The van der Waals surface area contributed by atoms with E-state index in [1.54, 1.807) is 24.3 Å². The van der Waals surface area contributed by atoms with E-state index in [-0.39, 0.29) is 5.91 Å². The lowest BCUT2D eigenvalue weighted by atomic mass is 9.97. The zero-order valence-electron chi connectivity index (χ0n) is 10.6. The molecule has 1 aromatic rings. The largest absolute Gasteiger partial charge is 0.399 e. The number of hydrogen-bond acceptors (Lipinski definition) is 2. The minimum Gasteiger partial charge on any atom is -0.399 e. The summed E-state index contributed by atoms with van der Waals surface area (Å²) >= 11 is 0. The topological polar surface area (TPSA) is 55.1 Å². The van der Waals surface area contributed by atoms with E-state index in [0.29, 0.717) is 17.8 Å². The van der Waals surface area contributed by atoms with E-state index in [4.69, 9.17) is 5.73 Å². The first kappa shape index (κ1) is 12.7. The molecule has 3 N–H and O–H groups in total. The Labute approximate surface area is 108 Å². The molecule has 0 radical (unpaired) electrons. The van der Waals surface area contributed by atoms with Crippen LogP contribution in [0.4, 0.5) is 5.69 Å². The standard InChI is InChI=1S/C15H20N2O/c16-14-8-4-7-13(11-14)15(18)17-10-9-12-5-2-1-3-6-12/h4-5,7-8,11H,1-3,6,9-10,16H2,(H,17,18). The van der Waals surface area contributed by atoms with Crippen LogP contribution in [0.1, 0.15) is 42.5 Å². The molecule has 0 heterocycles. The highest BCUT2D eigenvalue weighted by Crippen LogP contribution is 2.19. The first-order valence-electron chi connectivity index (χ1n) is 6.57. The molecule has 1 amide bonds. The van der Waals surface area contributed by atoms with Crippen LogP contribution in [0.3, 0.4) is 0 Å². The van der Waals surface area contributed by atoms with Crippen molar-refractivity contribution in [1.82, 2.24) is 5.32 Å². The van der Waals surface area contributed by atoms with E-state index < -0.39 is 0 Å². The number of allylic oxidation sites excluding steroid dienone is 1. The van der Waals surface area contributed by atoms with Crippen molar-refractivity contribution in [2.75, 3.05) is 12.3 Å². The van der Waals surface area contributed by atoms with E-state index in [1.165, 1.54) is 31.3 Å². The maximum atomic E-state index is 11.9. The number of amides is 1. The van der Waals surface area contributed by atoms with Gasteiger partial charge in [-0.05, 0) is 50.3 Å². The third kappa shape index (κ3) is 3.62. The Morgan fingerprint density at radius 1 is 1.33 bits per heavy atom.